The molecule has 0 unspecified atom stereocenters. The lowest BCUT2D eigenvalue weighted by Crippen LogP contribution is -2.20. The number of rotatable bonds is 6. The predicted octanol–water partition coefficient (Wildman–Crippen LogP) is 8.57. The van der Waals surface area contributed by atoms with Gasteiger partial charge in [-0.3, -0.25) is 9.79 Å². The number of ether oxygens (including phenoxy) is 1. The summed E-state index contributed by atoms with van der Waals surface area (Å²) in [6, 6.07) is 4.78. The van der Waals surface area contributed by atoms with E-state index in [-0.39, 0.29) is 16.7 Å². The number of benzene rings is 1. The van der Waals surface area contributed by atoms with Crippen LogP contribution in [0.15, 0.2) is 17.1 Å². The van der Waals surface area contributed by atoms with Gasteiger partial charge in [0.2, 0.25) is 0 Å². The highest BCUT2D eigenvalue weighted by molar-refractivity contribution is 5.85. The van der Waals surface area contributed by atoms with E-state index in [0.29, 0.717) is 36.3 Å². The highest BCUT2D eigenvalue weighted by atomic mass is 19.3. The number of ketones is 1. The Bertz CT molecular complexity index is 826. The van der Waals surface area contributed by atoms with Crippen molar-refractivity contribution in [1.29, 1.82) is 5.26 Å². The summed E-state index contributed by atoms with van der Waals surface area (Å²) >= 11 is 0. The van der Waals surface area contributed by atoms with E-state index in [1.165, 1.54) is 25.3 Å². The van der Waals surface area contributed by atoms with Gasteiger partial charge in [-0.05, 0) is 55.6 Å². The van der Waals surface area contributed by atoms with Crippen molar-refractivity contribution in [2.45, 2.75) is 107 Å². The third-order valence-electron chi connectivity index (χ3n) is 5.25. The molecule has 0 atom stereocenters. The Morgan fingerprint density at radius 2 is 1.76 bits per heavy atom. The molecular weight excluding hydrogens is 422 g/mol. The first-order chi connectivity index (χ1) is 15.1. The van der Waals surface area contributed by atoms with Gasteiger partial charge in [0, 0.05) is 24.6 Å². The first-order valence-corrected chi connectivity index (χ1v) is 11.7. The van der Waals surface area contributed by atoms with Crippen LogP contribution in [-0.2, 0) is 4.79 Å². The SMILES string of the molecule is CC1(C)CCC1.CCC(=O)CC(C)(C)C.CCC(C)=Nc1c(C)cc(C#N)cc1OC(F)F. The highest BCUT2D eigenvalue weighted by Gasteiger charge is 2.25. The minimum Gasteiger partial charge on any atom is -0.432 e. The second-order valence-electron chi connectivity index (χ2n) is 10.5. The quantitative estimate of drug-likeness (QED) is 0.396. The Morgan fingerprint density at radius 3 is 2.06 bits per heavy atom. The Balaban J connectivity index is 0.000000562. The lowest BCUT2D eigenvalue weighted by molar-refractivity contribution is -0.120. The van der Waals surface area contributed by atoms with Crippen LogP contribution in [0.3, 0.4) is 0 Å². The van der Waals surface area contributed by atoms with E-state index in [1.807, 2.05) is 26.8 Å². The van der Waals surface area contributed by atoms with Crippen molar-refractivity contribution in [2.24, 2.45) is 15.8 Å². The average Bonchev–Trinajstić information content (AvgIpc) is 2.68. The number of nitriles is 1. The first-order valence-electron chi connectivity index (χ1n) is 11.7. The number of hydrogen-bond acceptors (Lipinski definition) is 4. The Hall–Kier alpha value is -2.29. The number of carbonyl (C=O) groups is 1. The van der Waals surface area contributed by atoms with Crippen LogP contribution in [0.25, 0.3) is 0 Å². The molecule has 186 valence electrons. The average molecular weight is 465 g/mol. The van der Waals surface area contributed by atoms with Crippen molar-refractivity contribution in [2.75, 3.05) is 0 Å². The van der Waals surface area contributed by atoms with Gasteiger partial charge < -0.3 is 4.74 Å². The summed E-state index contributed by atoms with van der Waals surface area (Å²) in [5.41, 5.74) is 2.97. The molecule has 1 aromatic rings. The maximum absolute atomic E-state index is 12.3. The molecule has 0 heterocycles. The lowest BCUT2D eigenvalue weighted by atomic mass is 9.72. The first kappa shape index (κ1) is 30.7. The van der Waals surface area contributed by atoms with Gasteiger partial charge in [-0.25, -0.2) is 0 Å². The van der Waals surface area contributed by atoms with E-state index in [4.69, 9.17) is 5.26 Å². The summed E-state index contributed by atoms with van der Waals surface area (Å²) in [6.45, 7) is 15.3. The van der Waals surface area contributed by atoms with Crippen LogP contribution in [-0.4, -0.2) is 18.1 Å². The molecule has 1 aliphatic carbocycles. The monoisotopic (exact) mass is 464 g/mol. The van der Waals surface area contributed by atoms with Gasteiger partial charge in [-0.2, -0.15) is 14.0 Å². The molecule has 1 aliphatic rings. The predicted molar refractivity (Wildman–Crippen MR) is 133 cm³/mol. The van der Waals surface area contributed by atoms with E-state index < -0.39 is 6.61 Å². The van der Waals surface area contributed by atoms with E-state index in [0.717, 1.165) is 11.1 Å². The number of alkyl halides is 2. The largest absolute Gasteiger partial charge is 0.432 e. The fourth-order valence-electron chi connectivity index (χ4n) is 3.01. The molecule has 0 aromatic heterocycles. The van der Waals surface area contributed by atoms with Crippen molar-refractivity contribution < 1.29 is 18.3 Å². The number of nitrogens with zero attached hydrogens (tertiary/aromatic N) is 2. The standard InChI is InChI=1S/C13H14F2N2O.C8H16O.C6H12/c1-4-9(3)17-12-8(2)5-10(7-16)6-11(12)18-13(14)15;1-5-7(9)6-8(2,3)4;1-6(2)4-3-5-6/h5-6,13H,4H2,1-3H3;5-6H2,1-4H3;3-5H2,1-2H3. The van der Waals surface area contributed by atoms with Crippen LogP contribution in [0, 0.1) is 29.1 Å². The summed E-state index contributed by atoms with van der Waals surface area (Å²) < 4.78 is 29.1. The fraction of sp³-hybridized carbons (Fsp3) is 0.667. The summed E-state index contributed by atoms with van der Waals surface area (Å²) in [6.07, 6.45) is 6.47. The van der Waals surface area contributed by atoms with Crippen molar-refractivity contribution in [1.82, 2.24) is 0 Å². The molecule has 0 N–H and O–H groups in total. The van der Waals surface area contributed by atoms with Crippen molar-refractivity contribution in [3.63, 3.8) is 0 Å². The fourth-order valence-corrected chi connectivity index (χ4v) is 3.01. The normalized spacial score (nSPS) is 14.7. The van der Waals surface area contributed by atoms with Crippen LogP contribution < -0.4 is 4.74 Å². The van der Waals surface area contributed by atoms with Gasteiger partial charge in [0.25, 0.3) is 0 Å². The van der Waals surface area contributed by atoms with E-state index in [1.54, 1.807) is 13.0 Å². The molecule has 6 heteroatoms. The molecule has 1 aromatic carbocycles. The molecule has 33 heavy (non-hydrogen) atoms. The van der Waals surface area contributed by atoms with E-state index in [2.05, 4.69) is 44.3 Å². The van der Waals surface area contributed by atoms with Gasteiger partial charge in [0.05, 0.1) is 11.6 Å². The molecular formula is C27H42F2N2O2. The van der Waals surface area contributed by atoms with Crippen molar-refractivity contribution in [3.05, 3.63) is 23.3 Å². The van der Waals surface area contributed by atoms with E-state index >= 15 is 0 Å². The molecule has 0 saturated heterocycles. The molecule has 1 fully saturated rings. The summed E-state index contributed by atoms with van der Waals surface area (Å²) in [5.74, 6) is 0.303. The number of halogens is 2. The minimum atomic E-state index is -2.94. The third kappa shape index (κ3) is 13.8. The second kappa shape index (κ2) is 14.1. The molecule has 2 rings (SSSR count). The molecule has 1 saturated carbocycles. The van der Waals surface area contributed by atoms with Crippen molar-refractivity contribution >= 4 is 17.2 Å². The zero-order chi connectivity index (χ0) is 25.8. The van der Waals surface area contributed by atoms with E-state index in [9.17, 15) is 13.6 Å². The Morgan fingerprint density at radius 1 is 1.21 bits per heavy atom. The third-order valence-corrected chi connectivity index (χ3v) is 5.25. The number of Topliss-reactive ketones (excluding diaryl/α,β-unsaturated/α-hetero) is 1. The van der Waals surface area contributed by atoms with Crippen LogP contribution in [0.1, 0.15) is 105 Å². The maximum Gasteiger partial charge on any atom is 0.387 e. The molecule has 0 spiro atoms. The molecule has 0 radical (unpaired) electrons. The summed E-state index contributed by atoms with van der Waals surface area (Å²) in [5, 5.41) is 8.81. The minimum absolute atomic E-state index is 0.0608. The molecule has 4 nitrogen and oxygen atoms in total. The summed E-state index contributed by atoms with van der Waals surface area (Å²) in [4.78, 5) is 15.1. The van der Waals surface area contributed by atoms with Crippen LogP contribution in [0.5, 0.6) is 5.75 Å². The number of hydrogen-bond donors (Lipinski definition) is 0. The smallest absolute Gasteiger partial charge is 0.387 e. The number of aryl methyl sites for hydroxylation is 1. The lowest BCUT2D eigenvalue weighted by Gasteiger charge is -2.33. The topological polar surface area (TPSA) is 62.5 Å². The number of aliphatic imine (C=N–C) groups is 1. The van der Waals surface area contributed by atoms with Crippen LogP contribution >= 0.6 is 0 Å². The Labute approximate surface area is 199 Å². The van der Waals surface area contributed by atoms with Gasteiger partial charge in [0.1, 0.15) is 11.5 Å². The molecule has 0 bridgehead atoms. The zero-order valence-electron chi connectivity index (χ0n) is 21.9. The maximum atomic E-state index is 12.3. The van der Waals surface area contributed by atoms with Gasteiger partial charge in [-0.1, -0.05) is 54.9 Å². The van der Waals surface area contributed by atoms with Crippen LogP contribution in [0.2, 0.25) is 0 Å². The van der Waals surface area contributed by atoms with Crippen molar-refractivity contribution in [3.8, 4) is 11.8 Å². The van der Waals surface area contributed by atoms with Gasteiger partial charge in [-0.15, -0.1) is 0 Å². The summed E-state index contributed by atoms with van der Waals surface area (Å²) in [7, 11) is 0. The Kier molecular flexibility index (Phi) is 13.1. The second-order valence-corrected chi connectivity index (χ2v) is 10.5. The number of carbonyl (C=O) groups excluding carboxylic acids is 1. The van der Waals surface area contributed by atoms with Gasteiger partial charge in [0.15, 0.2) is 5.75 Å². The molecule has 0 amide bonds. The van der Waals surface area contributed by atoms with Crippen LogP contribution in [0.4, 0.5) is 14.5 Å². The molecule has 0 aliphatic heterocycles. The zero-order valence-corrected chi connectivity index (χ0v) is 21.9. The highest BCUT2D eigenvalue weighted by Crippen LogP contribution is 2.39. The van der Waals surface area contributed by atoms with Gasteiger partial charge >= 0.3 is 6.61 Å².